The molecular formula is C11H20N2O. The third kappa shape index (κ3) is 3.50. The Hall–Kier alpha value is -0.830. The van der Waals surface area contributed by atoms with Crippen LogP contribution < -0.4 is 0 Å². The van der Waals surface area contributed by atoms with E-state index in [-0.39, 0.29) is 0 Å². The van der Waals surface area contributed by atoms with Crippen LogP contribution in [0.3, 0.4) is 0 Å². The molecule has 0 bridgehead atoms. The van der Waals surface area contributed by atoms with Gasteiger partial charge >= 0.3 is 0 Å². The van der Waals surface area contributed by atoms with Crippen LogP contribution >= 0.6 is 0 Å². The van der Waals surface area contributed by atoms with Crippen molar-refractivity contribution in [2.24, 2.45) is 4.99 Å². The molecule has 3 heteroatoms. The van der Waals surface area contributed by atoms with Gasteiger partial charge in [0.1, 0.15) is 5.84 Å². The molecule has 1 rings (SSSR count). The zero-order chi connectivity index (χ0) is 10.4. The minimum Gasteiger partial charge on any atom is -0.378 e. The van der Waals surface area contributed by atoms with Crippen LogP contribution in [-0.4, -0.2) is 37.0 Å². The average molecular weight is 196 g/mol. The van der Waals surface area contributed by atoms with Gasteiger partial charge in [-0.15, -0.1) is 0 Å². The molecule has 1 fully saturated rings. The number of hydrogen-bond donors (Lipinski definition) is 0. The molecule has 0 atom stereocenters. The summed E-state index contributed by atoms with van der Waals surface area (Å²) in [6.45, 7) is 9.88. The van der Waals surface area contributed by atoms with E-state index in [2.05, 4.69) is 30.7 Å². The summed E-state index contributed by atoms with van der Waals surface area (Å²) >= 11 is 0. The number of allylic oxidation sites excluding steroid dienone is 1. The molecule has 0 aliphatic carbocycles. The summed E-state index contributed by atoms with van der Waals surface area (Å²) in [6.07, 6.45) is 2.93. The fraction of sp³-hybridized carbons (Fsp3) is 0.727. The van der Waals surface area contributed by atoms with Crippen molar-refractivity contribution in [1.29, 1.82) is 0 Å². The Morgan fingerprint density at radius 2 is 2.00 bits per heavy atom. The van der Waals surface area contributed by atoms with Gasteiger partial charge in [-0.25, -0.2) is 4.99 Å². The van der Waals surface area contributed by atoms with Crippen LogP contribution in [0.4, 0.5) is 0 Å². The van der Waals surface area contributed by atoms with E-state index in [9.17, 15) is 0 Å². The molecule has 0 spiro atoms. The number of morpholine rings is 1. The van der Waals surface area contributed by atoms with Crippen LogP contribution in [0.5, 0.6) is 0 Å². The molecule has 0 amide bonds. The topological polar surface area (TPSA) is 24.8 Å². The van der Waals surface area contributed by atoms with Gasteiger partial charge in [0.25, 0.3) is 0 Å². The first-order valence-corrected chi connectivity index (χ1v) is 5.26. The smallest absolute Gasteiger partial charge is 0.104 e. The highest BCUT2D eigenvalue weighted by molar-refractivity contribution is 5.82. The highest BCUT2D eigenvalue weighted by Gasteiger charge is 2.12. The van der Waals surface area contributed by atoms with Gasteiger partial charge in [0.2, 0.25) is 0 Å². The van der Waals surface area contributed by atoms with Crippen LogP contribution in [-0.2, 0) is 4.74 Å². The van der Waals surface area contributed by atoms with E-state index in [4.69, 9.17) is 4.74 Å². The lowest BCUT2D eigenvalue weighted by Crippen LogP contribution is -2.40. The van der Waals surface area contributed by atoms with E-state index in [1.165, 1.54) is 11.4 Å². The Bertz CT molecular complexity index is 223. The molecule has 14 heavy (non-hydrogen) atoms. The SMILES string of the molecule is CC/C(=N\C=C(C)C)N1CCOCC1. The second-order valence-corrected chi connectivity index (χ2v) is 3.70. The van der Waals surface area contributed by atoms with Crippen LogP contribution in [0.15, 0.2) is 16.8 Å². The normalized spacial score (nSPS) is 18.2. The maximum atomic E-state index is 5.31. The van der Waals surface area contributed by atoms with Crippen LogP contribution in [0, 0.1) is 0 Å². The van der Waals surface area contributed by atoms with E-state index in [1.54, 1.807) is 0 Å². The lowest BCUT2D eigenvalue weighted by Gasteiger charge is -2.29. The van der Waals surface area contributed by atoms with Crippen molar-refractivity contribution in [3.63, 3.8) is 0 Å². The molecular weight excluding hydrogens is 176 g/mol. The molecule has 0 aromatic carbocycles. The molecule has 1 aliphatic heterocycles. The molecule has 0 N–H and O–H groups in total. The van der Waals surface area contributed by atoms with Gasteiger partial charge < -0.3 is 9.64 Å². The summed E-state index contributed by atoms with van der Waals surface area (Å²) in [5.41, 5.74) is 1.24. The van der Waals surface area contributed by atoms with Crippen molar-refractivity contribution < 1.29 is 4.74 Å². The maximum absolute atomic E-state index is 5.31. The number of ether oxygens (including phenoxy) is 1. The van der Waals surface area contributed by atoms with Crippen LogP contribution in [0.1, 0.15) is 27.2 Å². The second-order valence-electron chi connectivity index (χ2n) is 3.70. The Balaban J connectivity index is 2.59. The zero-order valence-corrected chi connectivity index (χ0v) is 9.42. The third-order valence-corrected chi connectivity index (χ3v) is 2.16. The minimum atomic E-state index is 0.827. The summed E-state index contributed by atoms with van der Waals surface area (Å²) in [4.78, 5) is 6.80. The monoisotopic (exact) mass is 196 g/mol. The van der Waals surface area contributed by atoms with Crippen molar-refractivity contribution in [3.05, 3.63) is 11.8 Å². The van der Waals surface area contributed by atoms with Gasteiger partial charge in [-0.3, -0.25) is 0 Å². The van der Waals surface area contributed by atoms with E-state index in [0.717, 1.165) is 32.7 Å². The first kappa shape index (κ1) is 11.2. The van der Waals surface area contributed by atoms with Crippen molar-refractivity contribution in [2.75, 3.05) is 26.3 Å². The number of aliphatic imine (C=N–C) groups is 1. The average Bonchev–Trinajstić information content (AvgIpc) is 2.20. The van der Waals surface area contributed by atoms with E-state index < -0.39 is 0 Å². The summed E-state index contributed by atoms with van der Waals surface area (Å²) < 4.78 is 5.31. The van der Waals surface area contributed by atoms with Crippen molar-refractivity contribution >= 4 is 5.84 Å². The van der Waals surface area contributed by atoms with Crippen molar-refractivity contribution in [3.8, 4) is 0 Å². The Labute approximate surface area is 86.5 Å². The van der Waals surface area contributed by atoms with E-state index in [1.807, 2.05) is 6.20 Å². The summed E-state index contributed by atoms with van der Waals surface area (Å²) in [5, 5.41) is 0. The van der Waals surface area contributed by atoms with Gasteiger partial charge in [-0.2, -0.15) is 0 Å². The Morgan fingerprint density at radius 1 is 1.36 bits per heavy atom. The Kier molecular flexibility index (Phi) is 4.66. The Morgan fingerprint density at radius 3 is 2.50 bits per heavy atom. The van der Waals surface area contributed by atoms with Gasteiger partial charge in [-0.1, -0.05) is 12.5 Å². The standard InChI is InChI=1S/C11H20N2O/c1-4-11(12-9-10(2)3)13-5-7-14-8-6-13/h9H,4-8H2,1-3H3/b12-11+. The first-order valence-electron chi connectivity index (χ1n) is 5.26. The van der Waals surface area contributed by atoms with Gasteiger partial charge in [0, 0.05) is 25.7 Å². The lowest BCUT2D eigenvalue weighted by atomic mass is 10.3. The number of rotatable bonds is 2. The third-order valence-electron chi connectivity index (χ3n) is 2.16. The molecule has 1 saturated heterocycles. The number of nitrogens with zero attached hydrogens (tertiary/aromatic N) is 2. The van der Waals surface area contributed by atoms with Crippen molar-refractivity contribution in [1.82, 2.24) is 4.90 Å². The van der Waals surface area contributed by atoms with Gasteiger partial charge in [-0.05, 0) is 13.8 Å². The summed E-state index contributed by atoms with van der Waals surface area (Å²) in [7, 11) is 0. The molecule has 0 aromatic rings. The van der Waals surface area contributed by atoms with Crippen LogP contribution in [0.2, 0.25) is 0 Å². The second kappa shape index (κ2) is 5.81. The first-order chi connectivity index (χ1) is 6.74. The molecule has 3 nitrogen and oxygen atoms in total. The molecule has 1 heterocycles. The highest BCUT2D eigenvalue weighted by atomic mass is 16.5. The predicted octanol–water partition coefficient (Wildman–Crippen LogP) is 2.05. The van der Waals surface area contributed by atoms with Crippen LogP contribution in [0.25, 0.3) is 0 Å². The predicted molar refractivity (Wildman–Crippen MR) is 59.5 cm³/mol. The quantitative estimate of drug-likeness (QED) is 0.499. The molecule has 0 radical (unpaired) electrons. The fourth-order valence-electron chi connectivity index (χ4n) is 1.42. The number of hydrogen-bond acceptors (Lipinski definition) is 2. The maximum Gasteiger partial charge on any atom is 0.104 e. The molecule has 80 valence electrons. The lowest BCUT2D eigenvalue weighted by molar-refractivity contribution is 0.0673. The molecule has 0 unspecified atom stereocenters. The highest BCUT2D eigenvalue weighted by Crippen LogP contribution is 2.03. The molecule has 1 aliphatic rings. The summed E-state index contributed by atoms with van der Waals surface area (Å²) in [5.74, 6) is 1.18. The minimum absolute atomic E-state index is 0.827. The number of amidine groups is 1. The van der Waals surface area contributed by atoms with E-state index >= 15 is 0 Å². The van der Waals surface area contributed by atoms with Gasteiger partial charge in [0.15, 0.2) is 0 Å². The van der Waals surface area contributed by atoms with E-state index in [0.29, 0.717) is 0 Å². The fourth-order valence-corrected chi connectivity index (χ4v) is 1.42. The zero-order valence-electron chi connectivity index (χ0n) is 9.42. The summed E-state index contributed by atoms with van der Waals surface area (Å²) in [6, 6.07) is 0. The molecule has 0 aromatic heterocycles. The molecule has 0 saturated carbocycles. The largest absolute Gasteiger partial charge is 0.378 e. The van der Waals surface area contributed by atoms with Gasteiger partial charge in [0.05, 0.1) is 13.2 Å². The van der Waals surface area contributed by atoms with Crippen molar-refractivity contribution in [2.45, 2.75) is 27.2 Å².